The summed E-state index contributed by atoms with van der Waals surface area (Å²) in [6.07, 6.45) is 9.34. The van der Waals surface area contributed by atoms with Crippen molar-refractivity contribution in [1.29, 1.82) is 0 Å². The number of halogens is 1. The second-order valence-corrected chi connectivity index (χ2v) is 6.94. The predicted molar refractivity (Wildman–Crippen MR) is 74.9 cm³/mol. The molecule has 1 heterocycles. The van der Waals surface area contributed by atoms with Crippen molar-refractivity contribution in [2.75, 3.05) is 6.54 Å². The molecular formula is C13H20BrNS. The van der Waals surface area contributed by atoms with Gasteiger partial charge >= 0.3 is 0 Å². The Labute approximate surface area is 111 Å². The quantitative estimate of drug-likeness (QED) is 0.825. The predicted octanol–water partition coefficient (Wildman–Crippen LogP) is 4.35. The van der Waals surface area contributed by atoms with Crippen LogP contribution in [-0.2, 0) is 6.42 Å². The van der Waals surface area contributed by atoms with Gasteiger partial charge in [0.05, 0.1) is 0 Å². The van der Waals surface area contributed by atoms with Gasteiger partial charge < -0.3 is 5.73 Å². The van der Waals surface area contributed by atoms with Crippen molar-refractivity contribution in [3.8, 4) is 0 Å². The van der Waals surface area contributed by atoms with Crippen molar-refractivity contribution in [2.45, 2.75) is 44.9 Å². The maximum Gasteiger partial charge on any atom is 0.0285 e. The SMILES string of the molecule is NCC1(Cc2cc(Br)cs2)CCCCCC1. The van der Waals surface area contributed by atoms with Gasteiger partial charge in [-0.25, -0.2) is 0 Å². The molecule has 0 atom stereocenters. The van der Waals surface area contributed by atoms with E-state index in [-0.39, 0.29) is 0 Å². The van der Waals surface area contributed by atoms with Crippen molar-refractivity contribution in [3.05, 3.63) is 20.8 Å². The third kappa shape index (κ3) is 3.08. The molecule has 1 aromatic rings. The zero-order valence-electron chi connectivity index (χ0n) is 9.68. The van der Waals surface area contributed by atoms with Crippen molar-refractivity contribution < 1.29 is 0 Å². The molecule has 3 heteroatoms. The van der Waals surface area contributed by atoms with Crippen LogP contribution in [0.25, 0.3) is 0 Å². The van der Waals surface area contributed by atoms with Crippen LogP contribution in [0.1, 0.15) is 43.4 Å². The van der Waals surface area contributed by atoms with Crippen molar-refractivity contribution in [1.82, 2.24) is 0 Å². The highest BCUT2D eigenvalue weighted by Gasteiger charge is 2.30. The molecule has 0 saturated heterocycles. The van der Waals surface area contributed by atoms with Gasteiger partial charge in [-0.1, -0.05) is 25.7 Å². The van der Waals surface area contributed by atoms with E-state index in [9.17, 15) is 0 Å². The summed E-state index contributed by atoms with van der Waals surface area (Å²) in [5.74, 6) is 0. The molecule has 1 aliphatic rings. The van der Waals surface area contributed by atoms with E-state index in [1.807, 2.05) is 11.3 Å². The summed E-state index contributed by atoms with van der Waals surface area (Å²) in [7, 11) is 0. The molecule has 0 spiro atoms. The second kappa shape index (κ2) is 5.65. The Morgan fingerprint density at radius 2 is 1.94 bits per heavy atom. The Balaban J connectivity index is 2.08. The molecular weight excluding hydrogens is 282 g/mol. The molecule has 0 aromatic carbocycles. The number of nitrogens with two attached hydrogens (primary N) is 1. The first-order valence-corrected chi connectivity index (χ1v) is 7.84. The van der Waals surface area contributed by atoms with E-state index in [1.54, 1.807) is 0 Å². The summed E-state index contributed by atoms with van der Waals surface area (Å²) in [5, 5.41) is 2.18. The fourth-order valence-electron chi connectivity index (χ4n) is 2.75. The fourth-order valence-corrected chi connectivity index (χ4v) is 4.37. The smallest absolute Gasteiger partial charge is 0.0285 e. The number of rotatable bonds is 3. The first-order valence-electron chi connectivity index (χ1n) is 6.17. The monoisotopic (exact) mass is 301 g/mol. The average Bonchev–Trinajstić information content (AvgIpc) is 2.54. The molecule has 0 bridgehead atoms. The molecule has 90 valence electrons. The lowest BCUT2D eigenvalue weighted by Crippen LogP contribution is -2.32. The molecule has 1 aromatic heterocycles. The Morgan fingerprint density at radius 3 is 2.44 bits per heavy atom. The lowest BCUT2D eigenvalue weighted by atomic mass is 9.77. The maximum atomic E-state index is 6.06. The largest absolute Gasteiger partial charge is 0.330 e. The van der Waals surface area contributed by atoms with Gasteiger partial charge in [0.25, 0.3) is 0 Å². The molecule has 0 unspecified atom stereocenters. The molecule has 1 fully saturated rings. The van der Waals surface area contributed by atoms with E-state index in [0.29, 0.717) is 5.41 Å². The third-order valence-electron chi connectivity index (χ3n) is 3.77. The van der Waals surface area contributed by atoms with E-state index in [0.717, 1.165) is 6.54 Å². The zero-order chi connectivity index (χ0) is 11.4. The fraction of sp³-hybridized carbons (Fsp3) is 0.692. The van der Waals surface area contributed by atoms with Crippen LogP contribution in [-0.4, -0.2) is 6.54 Å². The van der Waals surface area contributed by atoms with Gasteiger partial charge in [0.15, 0.2) is 0 Å². The second-order valence-electron chi connectivity index (χ2n) is 5.03. The maximum absolute atomic E-state index is 6.06. The third-order valence-corrected chi connectivity index (χ3v) is 5.47. The molecule has 2 N–H and O–H groups in total. The van der Waals surface area contributed by atoms with Gasteiger partial charge in [0.2, 0.25) is 0 Å². The Bertz CT molecular complexity index is 326. The Kier molecular flexibility index (Phi) is 4.45. The minimum atomic E-state index is 0.390. The minimum absolute atomic E-state index is 0.390. The lowest BCUT2D eigenvalue weighted by molar-refractivity contribution is 0.254. The number of thiophene rings is 1. The van der Waals surface area contributed by atoms with Crippen molar-refractivity contribution in [2.24, 2.45) is 11.1 Å². The first kappa shape index (κ1) is 12.6. The summed E-state index contributed by atoms with van der Waals surface area (Å²) in [6, 6.07) is 2.26. The highest BCUT2D eigenvalue weighted by Crippen LogP contribution is 2.38. The van der Waals surface area contributed by atoms with E-state index in [1.165, 1.54) is 54.3 Å². The summed E-state index contributed by atoms with van der Waals surface area (Å²) < 4.78 is 1.22. The Hall–Kier alpha value is 0.140. The van der Waals surface area contributed by atoms with Crippen LogP contribution in [0.5, 0.6) is 0 Å². The van der Waals surface area contributed by atoms with Crippen LogP contribution in [0.4, 0.5) is 0 Å². The molecule has 1 aliphatic carbocycles. The van der Waals surface area contributed by atoms with Gasteiger partial charge in [-0.15, -0.1) is 11.3 Å². The number of hydrogen-bond donors (Lipinski definition) is 1. The topological polar surface area (TPSA) is 26.0 Å². The lowest BCUT2D eigenvalue weighted by Gasteiger charge is -2.31. The molecule has 1 nitrogen and oxygen atoms in total. The van der Waals surface area contributed by atoms with Gasteiger partial charge in [-0.05, 0) is 53.2 Å². The van der Waals surface area contributed by atoms with E-state index in [4.69, 9.17) is 5.73 Å². The van der Waals surface area contributed by atoms with Crippen LogP contribution in [0.3, 0.4) is 0 Å². The van der Waals surface area contributed by atoms with E-state index in [2.05, 4.69) is 27.4 Å². The molecule has 0 amide bonds. The van der Waals surface area contributed by atoms with Crippen molar-refractivity contribution >= 4 is 27.3 Å². The molecule has 0 radical (unpaired) electrons. The Morgan fingerprint density at radius 1 is 1.25 bits per heavy atom. The normalized spacial score (nSPS) is 20.6. The first-order chi connectivity index (χ1) is 7.74. The standard InChI is InChI=1S/C13H20BrNS/c14-11-7-12(16-9-11)8-13(10-15)5-3-1-2-4-6-13/h7,9H,1-6,8,10,15H2. The average molecular weight is 302 g/mol. The molecule has 2 rings (SSSR count). The van der Waals surface area contributed by atoms with Gasteiger partial charge in [-0.3, -0.25) is 0 Å². The van der Waals surface area contributed by atoms with Crippen molar-refractivity contribution in [3.63, 3.8) is 0 Å². The van der Waals surface area contributed by atoms with Crippen LogP contribution >= 0.6 is 27.3 Å². The summed E-state index contributed by atoms with van der Waals surface area (Å²) >= 11 is 5.39. The summed E-state index contributed by atoms with van der Waals surface area (Å²) in [5.41, 5.74) is 6.44. The molecule has 1 saturated carbocycles. The summed E-state index contributed by atoms with van der Waals surface area (Å²) in [6.45, 7) is 0.850. The number of hydrogen-bond acceptors (Lipinski definition) is 2. The molecule has 0 aliphatic heterocycles. The van der Waals surface area contributed by atoms with Gasteiger partial charge in [0.1, 0.15) is 0 Å². The summed E-state index contributed by atoms with van der Waals surface area (Å²) in [4.78, 5) is 1.49. The van der Waals surface area contributed by atoms with Crippen LogP contribution in [0, 0.1) is 5.41 Å². The zero-order valence-corrected chi connectivity index (χ0v) is 12.1. The van der Waals surface area contributed by atoms with E-state index >= 15 is 0 Å². The van der Waals surface area contributed by atoms with Crippen LogP contribution in [0.2, 0.25) is 0 Å². The minimum Gasteiger partial charge on any atom is -0.330 e. The highest BCUT2D eigenvalue weighted by atomic mass is 79.9. The van der Waals surface area contributed by atoms with Crippen LogP contribution < -0.4 is 5.73 Å². The van der Waals surface area contributed by atoms with Gasteiger partial charge in [-0.2, -0.15) is 0 Å². The van der Waals surface area contributed by atoms with Crippen LogP contribution in [0.15, 0.2) is 15.9 Å². The molecule has 16 heavy (non-hydrogen) atoms. The van der Waals surface area contributed by atoms with Gasteiger partial charge in [0, 0.05) is 14.7 Å². The van der Waals surface area contributed by atoms with E-state index < -0.39 is 0 Å². The highest BCUT2D eigenvalue weighted by molar-refractivity contribution is 9.10.